The summed E-state index contributed by atoms with van der Waals surface area (Å²) in [7, 11) is -6.10. The van der Waals surface area contributed by atoms with Gasteiger partial charge in [-0.15, -0.1) is 0 Å². The first-order chi connectivity index (χ1) is 28.2. The van der Waals surface area contributed by atoms with Gasteiger partial charge < -0.3 is 32.6 Å². The van der Waals surface area contributed by atoms with E-state index in [2.05, 4.69) is 76.2 Å². The molecule has 2 aliphatic heterocycles. The van der Waals surface area contributed by atoms with Gasteiger partial charge in [0.25, 0.3) is 0 Å². The lowest BCUT2D eigenvalue weighted by molar-refractivity contribution is -0.149. The first kappa shape index (κ1) is 54.7. The van der Waals surface area contributed by atoms with E-state index in [0.717, 1.165) is 78.4 Å². The summed E-state index contributed by atoms with van der Waals surface area (Å²) in [5, 5.41) is 12.8. The second-order valence-electron chi connectivity index (χ2n) is 18.4. The highest BCUT2D eigenvalue weighted by atomic mass is 28.4. The van der Waals surface area contributed by atoms with Crippen LogP contribution in [0, 0.1) is 5.92 Å². The normalized spacial score (nSPS) is 26.4. The smallest absolute Gasteiger partial charge is 0.308 e. The molecular weight excluding hydrogens is 805 g/mol. The SMILES string of the molecule is CC[C@H](O[Si](CC)(CC)CC)[C@@H](C)[C@@H]1O[C@@H]1[C@@](C)(O)[C@@](C)(/C=C/C(C)=C(\C)[C@H]1C/C=C/[C@H](OC(C)=O)CCC[C@@H](O[Si](CC)(CC)CC)CC(=O)O1)O[Si](CC)(CC)CC. The van der Waals surface area contributed by atoms with Crippen LogP contribution >= 0.6 is 0 Å². The Kier molecular flexibility index (Phi) is 22.5. The minimum absolute atomic E-state index is 0.0663. The largest absolute Gasteiger partial charge is 0.458 e. The van der Waals surface area contributed by atoms with E-state index in [1.165, 1.54) is 6.92 Å². The summed E-state index contributed by atoms with van der Waals surface area (Å²) in [4.78, 5) is 25.8. The van der Waals surface area contributed by atoms with Crippen molar-refractivity contribution in [2.75, 3.05) is 0 Å². The van der Waals surface area contributed by atoms with Crippen LogP contribution in [-0.4, -0.2) is 89.8 Å². The first-order valence-corrected chi connectivity index (χ1v) is 31.6. The average molecular weight is 895 g/mol. The number of esters is 2. The first-order valence-electron chi connectivity index (χ1n) is 24.1. The van der Waals surface area contributed by atoms with Gasteiger partial charge in [0.15, 0.2) is 25.0 Å². The van der Waals surface area contributed by atoms with Crippen LogP contribution in [0.2, 0.25) is 54.4 Å². The molecule has 2 aliphatic rings. The molecule has 0 amide bonds. The summed E-state index contributed by atoms with van der Waals surface area (Å²) in [5.41, 5.74) is -0.589. The fourth-order valence-electron chi connectivity index (χ4n) is 9.32. The van der Waals surface area contributed by atoms with Crippen molar-refractivity contribution in [3.8, 4) is 0 Å². The van der Waals surface area contributed by atoms with E-state index in [4.69, 9.17) is 27.5 Å². The highest BCUT2D eigenvalue weighted by Gasteiger charge is 2.63. The summed E-state index contributed by atoms with van der Waals surface area (Å²) >= 11 is 0. The number of ether oxygens (including phenoxy) is 3. The van der Waals surface area contributed by atoms with E-state index >= 15 is 0 Å². The summed E-state index contributed by atoms with van der Waals surface area (Å²) in [5.74, 6) is -0.467. The second kappa shape index (κ2) is 24.6. The fraction of sp³-hybridized carbons (Fsp3) is 0.833. The maximum Gasteiger partial charge on any atom is 0.308 e. The van der Waals surface area contributed by atoms with Crippen LogP contribution < -0.4 is 0 Å². The van der Waals surface area contributed by atoms with Gasteiger partial charge in [0.05, 0.1) is 18.6 Å². The van der Waals surface area contributed by atoms with Gasteiger partial charge in [-0.25, -0.2) is 0 Å². The minimum atomic E-state index is -2.25. The van der Waals surface area contributed by atoms with Gasteiger partial charge in [0.2, 0.25) is 0 Å². The molecule has 0 unspecified atom stereocenters. The summed E-state index contributed by atoms with van der Waals surface area (Å²) in [6, 6.07) is 9.06. The van der Waals surface area contributed by atoms with Crippen molar-refractivity contribution in [2.24, 2.45) is 5.92 Å². The van der Waals surface area contributed by atoms with E-state index < -0.39 is 48.4 Å². The van der Waals surface area contributed by atoms with Crippen LogP contribution in [-0.2, 0) is 37.1 Å². The molecule has 348 valence electrons. The Bertz CT molecular complexity index is 1390. The molecule has 60 heavy (non-hydrogen) atoms. The van der Waals surface area contributed by atoms with Crippen LogP contribution in [0.5, 0.6) is 0 Å². The van der Waals surface area contributed by atoms with Gasteiger partial charge in [0, 0.05) is 25.4 Å². The summed E-state index contributed by atoms with van der Waals surface area (Å²) < 4.78 is 39.7. The standard InChI is InChI=1S/C48H90O9Si3/c1-17-42(56-59(21-5,22-6)23-7)38(13)45-46(54-45)48(16,51)47(15,57-60(24-8,25-9)26-10)34-33-36(11)37(12)43-32-28-30-40(52-39(14)49)29-27-31-41(35-44(50)53-43)55-58(18-2,19-3)20-4/h28,30,33-34,38,40-43,45-46,51H,17-27,29,31-32,35H2,1-16H3/b30-28+,34-33+,37-36+/t38-,40-,41-,42+,43-,45+,46+,47-,48-/m1/s1. The molecule has 0 spiro atoms. The highest BCUT2D eigenvalue weighted by Crippen LogP contribution is 2.48. The van der Waals surface area contributed by atoms with Gasteiger partial charge in [-0.3, -0.25) is 9.59 Å². The topological polar surface area (TPSA) is 113 Å². The Morgan fingerprint density at radius 3 is 1.92 bits per heavy atom. The number of cyclic esters (lactones) is 1. The van der Waals surface area contributed by atoms with E-state index in [9.17, 15) is 14.7 Å². The van der Waals surface area contributed by atoms with Crippen molar-refractivity contribution in [3.63, 3.8) is 0 Å². The van der Waals surface area contributed by atoms with Crippen molar-refractivity contribution >= 4 is 36.9 Å². The molecule has 1 fully saturated rings. The Morgan fingerprint density at radius 1 is 0.867 bits per heavy atom. The monoisotopic (exact) mass is 895 g/mol. The maximum absolute atomic E-state index is 13.8. The van der Waals surface area contributed by atoms with Gasteiger partial charge in [-0.2, -0.15) is 0 Å². The minimum Gasteiger partial charge on any atom is -0.458 e. The van der Waals surface area contributed by atoms with Crippen LogP contribution in [0.15, 0.2) is 35.5 Å². The van der Waals surface area contributed by atoms with Crippen LogP contribution in [0.25, 0.3) is 0 Å². The Morgan fingerprint density at radius 2 is 1.42 bits per heavy atom. The molecule has 0 radical (unpaired) electrons. The van der Waals surface area contributed by atoms with Gasteiger partial charge in [-0.1, -0.05) is 94.4 Å². The molecule has 12 heteroatoms. The third kappa shape index (κ3) is 14.3. The average Bonchev–Trinajstić information content (AvgIpc) is 4.05. The van der Waals surface area contributed by atoms with Crippen LogP contribution in [0.1, 0.15) is 149 Å². The zero-order valence-electron chi connectivity index (χ0n) is 41.2. The maximum atomic E-state index is 13.8. The third-order valence-electron chi connectivity index (χ3n) is 15.1. The van der Waals surface area contributed by atoms with Crippen molar-refractivity contribution in [3.05, 3.63) is 35.5 Å². The third-order valence-corrected chi connectivity index (χ3v) is 29.2. The molecular formula is C48H90O9Si3. The van der Waals surface area contributed by atoms with E-state index in [0.29, 0.717) is 19.3 Å². The van der Waals surface area contributed by atoms with Crippen molar-refractivity contribution in [2.45, 2.75) is 252 Å². The summed E-state index contributed by atoms with van der Waals surface area (Å²) in [6.45, 7) is 33.8. The molecule has 0 aliphatic carbocycles. The number of hydrogen-bond donors (Lipinski definition) is 1. The predicted octanol–water partition coefficient (Wildman–Crippen LogP) is 12.4. The van der Waals surface area contributed by atoms with E-state index in [1.807, 2.05) is 52.0 Å². The van der Waals surface area contributed by atoms with Crippen LogP contribution in [0.3, 0.4) is 0 Å². The Labute approximate surface area is 370 Å². The van der Waals surface area contributed by atoms with Gasteiger partial charge in [-0.05, 0) is 125 Å². The van der Waals surface area contributed by atoms with Crippen molar-refractivity contribution in [1.82, 2.24) is 0 Å². The second-order valence-corrected chi connectivity index (χ2v) is 32.5. The molecule has 0 aromatic heterocycles. The van der Waals surface area contributed by atoms with Crippen molar-refractivity contribution in [1.29, 1.82) is 0 Å². The van der Waals surface area contributed by atoms with E-state index in [1.54, 1.807) is 0 Å². The fourth-order valence-corrected chi connectivity index (χ4v) is 18.4. The molecule has 2 rings (SSSR count). The number of carbonyl (C=O) groups is 2. The predicted molar refractivity (Wildman–Crippen MR) is 255 cm³/mol. The number of allylic oxidation sites excluding steroid dienone is 2. The lowest BCUT2D eigenvalue weighted by Gasteiger charge is -2.46. The molecule has 0 bridgehead atoms. The molecule has 9 nitrogen and oxygen atoms in total. The lowest BCUT2D eigenvalue weighted by atomic mass is 9.79. The van der Waals surface area contributed by atoms with E-state index in [-0.39, 0.29) is 48.7 Å². The molecule has 1 saturated heterocycles. The molecule has 0 aromatic rings. The molecule has 0 aromatic carbocycles. The van der Waals surface area contributed by atoms with Crippen molar-refractivity contribution < 1.29 is 42.2 Å². The quantitative estimate of drug-likeness (QED) is 0.0333. The zero-order chi connectivity index (χ0) is 45.5. The Balaban J connectivity index is 2.58. The number of epoxide rings is 1. The molecule has 1 N–H and O–H groups in total. The number of hydrogen-bond acceptors (Lipinski definition) is 9. The molecule has 2 heterocycles. The molecule has 0 saturated carbocycles. The lowest BCUT2D eigenvalue weighted by Crippen LogP contribution is -2.60. The number of carbonyl (C=O) groups excluding carboxylic acids is 2. The van der Waals surface area contributed by atoms with Crippen LogP contribution in [0.4, 0.5) is 0 Å². The Hall–Kier alpha value is -1.39. The van der Waals surface area contributed by atoms with Gasteiger partial charge >= 0.3 is 11.9 Å². The highest BCUT2D eigenvalue weighted by molar-refractivity contribution is 6.74. The number of aliphatic hydroxyl groups is 1. The number of rotatable bonds is 24. The zero-order valence-corrected chi connectivity index (χ0v) is 44.2. The molecule has 9 atom stereocenters. The van der Waals surface area contributed by atoms with Gasteiger partial charge in [0.1, 0.15) is 29.5 Å². The summed E-state index contributed by atoms with van der Waals surface area (Å²) in [6.07, 6.45) is 9.97.